The zero-order valence-corrected chi connectivity index (χ0v) is 6.00. The fourth-order valence-electron chi connectivity index (χ4n) is 0.516. The van der Waals surface area contributed by atoms with Crippen LogP contribution in [0.1, 0.15) is 19.8 Å². The zero-order chi connectivity index (χ0) is 8.15. The standard InChI is InChI=1S/C7H12O3/c1-3-6(8)4-5(2)7(9)10/h6,8H,2-4H2,1H3,(H,9,10)/t6-/m1/s1. The minimum absolute atomic E-state index is 0.0642. The van der Waals surface area contributed by atoms with Crippen LogP contribution in [-0.4, -0.2) is 22.3 Å². The second-order valence-corrected chi connectivity index (χ2v) is 2.17. The second kappa shape index (κ2) is 4.06. The van der Waals surface area contributed by atoms with E-state index in [9.17, 15) is 4.79 Å². The Hall–Kier alpha value is -0.830. The number of rotatable bonds is 4. The van der Waals surface area contributed by atoms with E-state index < -0.39 is 12.1 Å². The Morgan fingerprint density at radius 1 is 1.70 bits per heavy atom. The molecule has 3 heteroatoms. The lowest BCUT2D eigenvalue weighted by atomic mass is 10.1. The van der Waals surface area contributed by atoms with Crippen LogP contribution in [0.5, 0.6) is 0 Å². The van der Waals surface area contributed by atoms with E-state index in [0.717, 1.165) is 0 Å². The molecule has 0 heterocycles. The lowest BCUT2D eigenvalue weighted by Gasteiger charge is -2.05. The van der Waals surface area contributed by atoms with Gasteiger partial charge in [0.05, 0.1) is 6.10 Å². The highest BCUT2D eigenvalue weighted by Crippen LogP contribution is 2.05. The normalized spacial score (nSPS) is 12.6. The highest BCUT2D eigenvalue weighted by Gasteiger charge is 2.08. The van der Waals surface area contributed by atoms with E-state index in [1.807, 2.05) is 0 Å². The summed E-state index contributed by atoms with van der Waals surface area (Å²) in [6, 6.07) is 0. The van der Waals surface area contributed by atoms with Crippen molar-refractivity contribution < 1.29 is 15.0 Å². The summed E-state index contributed by atoms with van der Waals surface area (Å²) in [6.07, 6.45) is 0.154. The first-order valence-electron chi connectivity index (χ1n) is 3.17. The van der Waals surface area contributed by atoms with Crippen LogP contribution in [0.25, 0.3) is 0 Å². The van der Waals surface area contributed by atoms with Crippen LogP contribution in [-0.2, 0) is 4.79 Å². The number of aliphatic carboxylic acids is 1. The van der Waals surface area contributed by atoms with Gasteiger partial charge in [0.1, 0.15) is 0 Å². The van der Waals surface area contributed by atoms with Crippen LogP contribution in [0.4, 0.5) is 0 Å². The fraction of sp³-hybridized carbons (Fsp3) is 0.571. The van der Waals surface area contributed by atoms with E-state index in [2.05, 4.69) is 6.58 Å². The van der Waals surface area contributed by atoms with Gasteiger partial charge in [0.2, 0.25) is 0 Å². The minimum Gasteiger partial charge on any atom is -0.478 e. The molecule has 58 valence electrons. The SMILES string of the molecule is C=C(C[C@H](O)CC)C(=O)O. The average Bonchev–Trinajstić information content (AvgIpc) is 1.87. The molecule has 3 nitrogen and oxygen atoms in total. The molecule has 0 saturated heterocycles. The minimum atomic E-state index is -1.03. The molecule has 0 aliphatic carbocycles. The topological polar surface area (TPSA) is 57.5 Å². The number of hydrogen-bond donors (Lipinski definition) is 2. The van der Waals surface area contributed by atoms with Crippen LogP contribution in [0.15, 0.2) is 12.2 Å². The van der Waals surface area contributed by atoms with Gasteiger partial charge in [0, 0.05) is 12.0 Å². The molecule has 0 aromatic heterocycles. The number of carboxylic acid groups (broad SMARTS) is 1. The summed E-state index contributed by atoms with van der Waals surface area (Å²) in [6.45, 7) is 5.07. The van der Waals surface area contributed by atoms with E-state index >= 15 is 0 Å². The van der Waals surface area contributed by atoms with Gasteiger partial charge in [0.25, 0.3) is 0 Å². The van der Waals surface area contributed by atoms with E-state index in [1.54, 1.807) is 6.92 Å². The Bertz CT molecular complexity index is 140. The largest absolute Gasteiger partial charge is 0.478 e. The van der Waals surface area contributed by atoms with Gasteiger partial charge < -0.3 is 10.2 Å². The third kappa shape index (κ3) is 3.25. The maximum atomic E-state index is 10.1. The molecule has 0 aliphatic rings. The van der Waals surface area contributed by atoms with Crippen molar-refractivity contribution in [3.63, 3.8) is 0 Å². The van der Waals surface area contributed by atoms with Crippen LogP contribution >= 0.6 is 0 Å². The fourth-order valence-corrected chi connectivity index (χ4v) is 0.516. The van der Waals surface area contributed by atoms with E-state index in [-0.39, 0.29) is 12.0 Å². The summed E-state index contributed by atoms with van der Waals surface area (Å²) < 4.78 is 0. The lowest BCUT2D eigenvalue weighted by molar-refractivity contribution is -0.133. The van der Waals surface area contributed by atoms with Gasteiger partial charge in [-0.2, -0.15) is 0 Å². The first-order valence-corrected chi connectivity index (χ1v) is 3.17. The molecule has 0 fully saturated rings. The van der Waals surface area contributed by atoms with Gasteiger partial charge in [-0.15, -0.1) is 0 Å². The summed E-state index contributed by atoms with van der Waals surface area (Å²) in [5.41, 5.74) is 0.0642. The van der Waals surface area contributed by atoms with Gasteiger partial charge in [-0.1, -0.05) is 13.5 Å². The van der Waals surface area contributed by atoms with Gasteiger partial charge in [-0.3, -0.25) is 0 Å². The molecule has 0 aromatic rings. The molecule has 10 heavy (non-hydrogen) atoms. The molecule has 0 bridgehead atoms. The first kappa shape index (κ1) is 9.17. The maximum Gasteiger partial charge on any atom is 0.331 e. The highest BCUT2D eigenvalue weighted by atomic mass is 16.4. The molecule has 1 atom stereocenters. The predicted molar refractivity (Wildman–Crippen MR) is 37.7 cm³/mol. The molecule has 0 aliphatic heterocycles. The van der Waals surface area contributed by atoms with Crippen LogP contribution in [0, 0.1) is 0 Å². The first-order chi connectivity index (χ1) is 4.57. The van der Waals surface area contributed by atoms with E-state index in [0.29, 0.717) is 6.42 Å². The Balaban J connectivity index is 3.68. The van der Waals surface area contributed by atoms with Crippen LogP contribution in [0.2, 0.25) is 0 Å². The smallest absolute Gasteiger partial charge is 0.331 e. The number of aliphatic hydroxyl groups is 1. The summed E-state index contributed by atoms with van der Waals surface area (Å²) in [4.78, 5) is 10.1. The van der Waals surface area contributed by atoms with Gasteiger partial charge in [0.15, 0.2) is 0 Å². The average molecular weight is 144 g/mol. The quantitative estimate of drug-likeness (QED) is 0.573. The molecule has 0 amide bonds. The van der Waals surface area contributed by atoms with Crippen molar-refractivity contribution in [2.45, 2.75) is 25.9 Å². The summed E-state index contributed by atoms with van der Waals surface area (Å²) in [5, 5.41) is 17.3. The molecular formula is C7H12O3. The van der Waals surface area contributed by atoms with Crippen molar-refractivity contribution >= 4 is 5.97 Å². The summed E-state index contributed by atoms with van der Waals surface area (Å²) in [5.74, 6) is -1.03. The summed E-state index contributed by atoms with van der Waals surface area (Å²) >= 11 is 0. The van der Waals surface area contributed by atoms with Crippen molar-refractivity contribution in [1.82, 2.24) is 0 Å². The number of aliphatic hydroxyl groups excluding tert-OH is 1. The van der Waals surface area contributed by atoms with Gasteiger partial charge in [-0.05, 0) is 6.42 Å². The third-order valence-electron chi connectivity index (χ3n) is 1.26. The monoisotopic (exact) mass is 144 g/mol. The Morgan fingerprint density at radius 3 is 2.50 bits per heavy atom. The van der Waals surface area contributed by atoms with Crippen molar-refractivity contribution in [1.29, 1.82) is 0 Å². The van der Waals surface area contributed by atoms with Crippen LogP contribution < -0.4 is 0 Å². The number of carbonyl (C=O) groups is 1. The van der Waals surface area contributed by atoms with Crippen molar-refractivity contribution in [3.05, 3.63) is 12.2 Å². The molecule has 2 N–H and O–H groups in total. The Kier molecular flexibility index (Phi) is 3.72. The Morgan fingerprint density at radius 2 is 2.20 bits per heavy atom. The number of carboxylic acids is 1. The third-order valence-corrected chi connectivity index (χ3v) is 1.26. The maximum absolute atomic E-state index is 10.1. The van der Waals surface area contributed by atoms with E-state index in [1.165, 1.54) is 0 Å². The molecule has 0 rings (SSSR count). The molecule has 0 unspecified atom stereocenters. The molecular weight excluding hydrogens is 132 g/mol. The molecule has 0 saturated carbocycles. The molecule has 0 aromatic carbocycles. The van der Waals surface area contributed by atoms with Crippen molar-refractivity contribution in [2.75, 3.05) is 0 Å². The summed E-state index contributed by atoms with van der Waals surface area (Å²) in [7, 11) is 0. The highest BCUT2D eigenvalue weighted by molar-refractivity contribution is 5.85. The predicted octanol–water partition coefficient (Wildman–Crippen LogP) is 0.788. The van der Waals surface area contributed by atoms with E-state index in [4.69, 9.17) is 10.2 Å². The van der Waals surface area contributed by atoms with Gasteiger partial charge >= 0.3 is 5.97 Å². The molecule has 0 radical (unpaired) electrons. The van der Waals surface area contributed by atoms with Crippen molar-refractivity contribution in [3.8, 4) is 0 Å². The van der Waals surface area contributed by atoms with Gasteiger partial charge in [-0.25, -0.2) is 4.79 Å². The Labute approximate surface area is 60.0 Å². The van der Waals surface area contributed by atoms with Crippen molar-refractivity contribution in [2.24, 2.45) is 0 Å². The lowest BCUT2D eigenvalue weighted by Crippen LogP contribution is -2.10. The van der Waals surface area contributed by atoms with Crippen LogP contribution in [0.3, 0.4) is 0 Å². The molecule has 0 spiro atoms. The zero-order valence-electron chi connectivity index (χ0n) is 6.00. The number of hydrogen-bond acceptors (Lipinski definition) is 2. The second-order valence-electron chi connectivity index (χ2n) is 2.17.